The zero-order valence-electron chi connectivity index (χ0n) is 48.9. The van der Waals surface area contributed by atoms with Crippen LogP contribution in [0.4, 0.5) is 21.9 Å². The maximum absolute atomic E-state index is 16.8. The van der Waals surface area contributed by atoms with Crippen LogP contribution < -0.4 is 36.6 Å². The van der Waals surface area contributed by atoms with Crippen molar-refractivity contribution in [2.45, 2.75) is 135 Å². The smallest absolute Gasteiger partial charge is 0.284 e. The van der Waals surface area contributed by atoms with Crippen LogP contribution in [-0.4, -0.2) is 19.5 Å². The maximum Gasteiger partial charge on any atom is 0.340 e. The first-order valence-electron chi connectivity index (χ1n) is 28.3. The van der Waals surface area contributed by atoms with Gasteiger partial charge in [0.2, 0.25) is 13.4 Å². The zero-order chi connectivity index (χ0) is 55.0. The van der Waals surface area contributed by atoms with Crippen LogP contribution in [0, 0.1) is 21.7 Å². The second-order valence-electron chi connectivity index (χ2n) is 28.3. The first kappa shape index (κ1) is 53.6. The molecule has 3 aliphatic rings. The van der Waals surface area contributed by atoms with Crippen LogP contribution in [0.5, 0.6) is 0 Å². The summed E-state index contributed by atoms with van der Waals surface area (Å²) >= 11 is 0. The van der Waals surface area contributed by atoms with E-state index in [2.05, 4.69) is 278 Å². The third kappa shape index (κ3) is 11.2. The number of carbonyl (C=O) groups is 1. The molecule has 0 aromatic heterocycles. The Morgan fingerprint density at radius 2 is 0.688 bits per heavy atom. The van der Waals surface area contributed by atoms with E-state index in [-0.39, 0.29) is 46.5 Å². The lowest BCUT2D eigenvalue weighted by Crippen LogP contribution is -2.66. The molecule has 1 saturated heterocycles. The van der Waals surface area contributed by atoms with Crippen molar-refractivity contribution < 1.29 is 4.79 Å². The van der Waals surface area contributed by atoms with Crippen molar-refractivity contribution in [3.8, 4) is 22.3 Å². The molecule has 7 aromatic rings. The Morgan fingerprint density at radius 3 is 1.01 bits per heavy atom. The molecule has 10 rings (SSSR count). The van der Waals surface area contributed by atoms with Crippen LogP contribution in [0.2, 0.25) is 0 Å². The molecule has 0 spiro atoms. The first-order chi connectivity index (χ1) is 36.2. The van der Waals surface area contributed by atoms with Crippen molar-refractivity contribution in [1.82, 2.24) is 0 Å². The number of urea groups is 1. The third-order valence-electron chi connectivity index (χ3n) is 15.4. The minimum atomic E-state index is -0.173. The van der Waals surface area contributed by atoms with Crippen LogP contribution in [0.25, 0.3) is 22.3 Å². The second kappa shape index (κ2) is 19.9. The molecule has 0 unspecified atom stereocenters. The molecule has 3 heterocycles. The van der Waals surface area contributed by atoms with Crippen LogP contribution >= 0.6 is 0 Å². The van der Waals surface area contributed by atoms with E-state index in [1.807, 2.05) is 9.80 Å². The van der Waals surface area contributed by atoms with Gasteiger partial charge in [0.1, 0.15) is 11.6 Å². The van der Waals surface area contributed by atoms with Crippen molar-refractivity contribution in [2.75, 3.05) is 14.7 Å². The molecule has 6 heteroatoms. The molecule has 0 bridgehead atoms. The molecule has 0 N–H and O–H groups in total. The minimum Gasteiger partial charge on any atom is -0.284 e. The van der Waals surface area contributed by atoms with Crippen LogP contribution in [0.1, 0.15) is 132 Å². The second-order valence-corrected chi connectivity index (χ2v) is 28.3. The van der Waals surface area contributed by atoms with Gasteiger partial charge in [-0.15, -0.1) is 0 Å². The number of hydrogen-bond donors (Lipinski definition) is 0. The summed E-state index contributed by atoms with van der Waals surface area (Å²) < 4.78 is 0. The summed E-state index contributed by atoms with van der Waals surface area (Å²) in [4.78, 5) is 23.4. The third-order valence-corrected chi connectivity index (χ3v) is 15.4. The van der Waals surface area contributed by atoms with Gasteiger partial charge in [-0.2, -0.15) is 0 Å². The topological polar surface area (TPSA) is 26.8 Å². The Bertz CT molecular complexity index is 3140. The fraction of sp³-hybridized carbons (Fsp3) is 0.338. The summed E-state index contributed by atoms with van der Waals surface area (Å²) in [6.07, 6.45) is 3.68. The van der Waals surface area contributed by atoms with E-state index in [4.69, 9.17) is 0 Å². The van der Waals surface area contributed by atoms with E-state index >= 15 is 4.79 Å². The normalized spacial score (nSPS) is 14.9. The Hall–Kier alpha value is -6.78. The number of amides is 2. The highest BCUT2D eigenvalue weighted by atomic mass is 16.2. The molecule has 7 aromatic carbocycles. The van der Waals surface area contributed by atoms with E-state index < -0.39 is 0 Å². The van der Waals surface area contributed by atoms with Crippen LogP contribution in [0.15, 0.2) is 181 Å². The van der Waals surface area contributed by atoms with Gasteiger partial charge < -0.3 is 0 Å². The Morgan fingerprint density at radius 1 is 0.364 bits per heavy atom. The van der Waals surface area contributed by atoms with Gasteiger partial charge in [-0.3, -0.25) is 4.90 Å². The number of anilines is 3. The predicted molar refractivity (Wildman–Crippen MR) is 333 cm³/mol. The van der Waals surface area contributed by atoms with Gasteiger partial charge in [0.25, 0.3) is 0 Å². The summed E-state index contributed by atoms with van der Waals surface area (Å²) in [7, 11) is 0. The molecule has 77 heavy (non-hydrogen) atoms. The molecule has 0 radical (unpaired) electrons. The van der Waals surface area contributed by atoms with Gasteiger partial charge in [0.15, 0.2) is 0 Å². The molecule has 3 aliphatic heterocycles. The van der Waals surface area contributed by atoms with Gasteiger partial charge in [-0.05, 0) is 116 Å². The summed E-state index contributed by atoms with van der Waals surface area (Å²) in [5, 5.41) is 0. The van der Waals surface area contributed by atoms with Crippen molar-refractivity contribution in [1.29, 1.82) is 0 Å². The fourth-order valence-corrected chi connectivity index (χ4v) is 12.4. The van der Waals surface area contributed by atoms with Crippen molar-refractivity contribution in [2.24, 2.45) is 21.7 Å². The van der Waals surface area contributed by atoms with E-state index in [9.17, 15) is 0 Å². The van der Waals surface area contributed by atoms with Crippen molar-refractivity contribution in [3.05, 3.63) is 209 Å². The van der Waals surface area contributed by atoms with Gasteiger partial charge in [-0.25, -0.2) is 14.6 Å². The van der Waals surface area contributed by atoms with Gasteiger partial charge >= 0.3 is 6.03 Å². The molecular formula is C71H81B2N3O. The van der Waals surface area contributed by atoms with Gasteiger partial charge in [-0.1, -0.05) is 282 Å². The Kier molecular flexibility index (Phi) is 13.9. The number of rotatable bonds is 10. The summed E-state index contributed by atoms with van der Waals surface area (Å²) in [5.41, 5.74) is 19.2. The highest BCUT2D eigenvalue weighted by Crippen LogP contribution is 2.45. The largest absolute Gasteiger partial charge is 0.340 e. The van der Waals surface area contributed by atoms with E-state index in [1.165, 1.54) is 55.4 Å². The predicted octanol–water partition coefficient (Wildman–Crippen LogP) is 15.6. The zero-order valence-corrected chi connectivity index (χ0v) is 48.9. The standard InChI is InChI=1S/C71H81B2N3O/c1-67(2,3)42-52-32-22-33-53(43-68(4,5)6)63(52)72-46-61-74(57-36-24-30-50(38-57)48-26-18-16-19-27-48)66(77)75(58-37-25-31-51(39-58)49-28-20-17-21-29-49)62-47-73(60-41-56(71(13,14)15)40-59(72)65(60)76(61)62)64-54(44-69(7,8)9)34-23-35-55(64)45-70(10,11)12/h16-41,46-47H,42-45H2,1-15H3. The summed E-state index contributed by atoms with van der Waals surface area (Å²) in [6.45, 7) is 35.2. The highest BCUT2D eigenvalue weighted by Gasteiger charge is 2.50. The number of nitrogens with zero attached hydrogens (tertiary/aromatic N) is 3. The highest BCUT2D eigenvalue weighted by molar-refractivity contribution is 6.95. The average Bonchev–Trinajstić information content (AvgIpc) is 3.40. The number of carbonyl (C=O) groups excluding carboxylic acids is 1. The maximum atomic E-state index is 16.8. The molecular weight excluding hydrogens is 932 g/mol. The Labute approximate surface area is 463 Å². The lowest BCUT2D eigenvalue weighted by molar-refractivity contribution is 0.252. The van der Waals surface area contributed by atoms with Crippen LogP contribution in [-0.2, 0) is 31.1 Å². The quantitative estimate of drug-likeness (QED) is 0.128. The monoisotopic (exact) mass is 1010 g/mol. The molecule has 0 aliphatic carbocycles. The first-order valence-corrected chi connectivity index (χ1v) is 28.3. The summed E-state index contributed by atoms with van der Waals surface area (Å²) in [6, 6.07) is 57.5. The number of benzene rings is 7. The molecule has 1 fully saturated rings. The molecule has 4 nitrogen and oxygen atoms in total. The minimum absolute atomic E-state index is 0.0242. The summed E-state index contributed by atoms with van der Waals surface area (Å²) in [5.74, 6) is 6.69. The van der Waals surface area contributed by atoms with E-state index in [0.717, 1.165) is 71.0 Å². The lowest BCUT2D eigenvalue weighted by atomic mass is 9.32. The van der Waals surface area contributed by atoms with E-state index in [0.29, 0.717) is 0 Å². The average molecular weight is 1010 g/mol. The lowest BCUT2D eigenvalue weighted by Gasteiger charge is -2.52. The fourth-order valence-electron chi connectivity index (χ4n) is 12.4. The SMILES string of the molecule is CC(C)(C)Cc1cccc(CC(C)(C)C)c1B1C=C2N(c3cccc(-c4ccccc4)c3)C(=O)N(c3cccc(-c4ccccc4)c3)C3=CB(c4c(CC(C)(C)C)cccc4CC(C)(C)C)c4cc(C(C)(C)C)cc1c4N23. The van der Waals surface area contributed by atoms with E-state index in [1.54, 1.807) is 0 Å². The van der Waals surface area contributed by atoms with Crippen molar-refractivity contribution >= 4 is 58.4 Å². The van der Waals surface area contributed by atoms with Crippen molar-refractivity contribution in [3.63, 3.8) is 0 Å². The number of hydrogen-bond acceptors (Lipinski definition) is 2. The van der Waals surface area contributed by atoms with Gasteiger partial charge in [0.05, 0.1) is 11.4 Å². The van der Waals surface area contributed by atoms with Gasteiger partial charge in [0, 0.05) is 5.69 Å². The molecule has 2 amide bonds. The molecule has 392 valence electrons. The van der Waals surface area contributed by atoms with Crippen LogP contribution in [0.3, 0.4) is 0 Å². The Balaban J connectivity index is 1.37. The molecule has 0 saturated carbocycles. The molecule has 0 atom stereocenters.